The highest BCUT2D eigenvalue weighted by molar-refractivity contribution is 8.00. The van der Waals surface area contributed by atoms with Crippen molar-refractivity contribution in [1.82, 2.24) is 9.88 Å². The van der Waals surface area contributed by atoms with E-state index < -0.39 is 0 Å². The van der Waals surface area contributed by atoms with Gasteiger partial charge in [0.15, 0.2) is 0 Å². The molecule has 1 aromatic rings. The Morgan fingerprint density at radius 1 is 1.41 bits per heavy atom. The van der Waals surface area contributed by atoms with Gasteiger partial charge in [-0.05, 0) is 25.1 Å². The van der Waals surface area contributed by atoms with Gasteiger partial charge in [-0.3, -0.25) is 4.90 Å². The molecule has 0 saturated carbocycles. The fraction of sp³-hybridized carbons (Fsp3) is 0.615. The Morgan fingerprint density at radius 2 is 2.24 bits per heavy atom. The van der Waals surface area contributed by atoms with Gasteiger partial charge in [0.1, 0.15) is 5.15 Å². The summed E-state index contributed by atoms with van der Waals surface area (Å²) in [6.45, 7) is 7.87. The van der Waals surface area contributed by atoms with Crippen molar-refractivity contribution < 1.29 is 0 Å². The van der Waals surface area contributed by atoms with Crippen molar-refractivity contribution in [3.63, 3.8) is 0 Å². The lowest BCUT2D eigenvalue weighted by molar-refractivity contribution is 0.273. The Kier molecular flexibility index (Phi) is 4.34. The zero-order valence-electron chi connectivity index (χ0n) is 10.4. The van der Waals surface area contributed by atoms with E-state index in [1.165, 1.54) is 12.2 Å². The summed E-state index contributed by atoms with van der Waals surface area (Å²) < 4.78 is 0.413. The first-order chi connectivity index (χ1) is 8.05. The molecule has 0 bridgehead atoms. The smallest absolute Gasteiger partial charge is 0.129 e. The van der Waals surface area contributed by atoms with E-state index in [1.807, 2.05) is 12.1 Å². The Bertz CT molecular complexity index is 381. The minimum absolute atomic E-state index is 0.413. The van der Waals surface area contributed by atoms with Crippen LogP contribution in [0.15, 0.2) is 18.2 Å². The van der Waals surface area contributed by atoms with Crippen LogP contribution in [0.1, 0.15) is 26.0 Å². The summed E-state index contributed by atoms with van der Waals surface area (Å²) in [6, 6.07) is 5.85. The standard InChI is InChI=1S/C13H19ClN2S/c1-13(2)6-7-16(8-9-17-13)10-11-4-3-5-12(14)15-11/h3-5H,6-10H2,1-2H3. The molecule has 1 fully saturated rings. The van der Waals surface area contributed by atoms with Crippen molar-refractivity contribution >= 4 is 23.4 Å². The van der Waals surface area contributed by atoms with E-state index in [9.17, 15) is 0 Å². The minimum atomic E-state index is 0.413. The summed E-state index contributed by atoms with van der Waals surface area (Å²) >= 11 is 7.98. The van der Waals surface area contributed by atoms with E-state index in [2.05, 4.69) is 41.6 Å². The highest BCUT2D eigenvalue weighted by Gasteiger charge is 2.23. The fourth-order valence-corrected chi connectivity index (χ4v) is 3.31. The molecule has 1 aliphatic heterocycles. The molecule has 0 aliphatic carbocycles. The number of halogens is 1. The van der Waals surface area contributed by atoms with Crippen molar-refractivity contribution in [2.45, 2.75) is 31.6 Å². The second-order valence-electron chi connectivity index (χ2n) is 5.09. The highest BCUT2D eigenvalue weighted by Crippen LogP contribution is 2.30. The van der Waals surface area contributed by atoms with E-state index in [0.717, 1.165) is 25.3 Å². The lowest BCUT2D eigenvalue weighted by Gasteiger charge is -2.22. The minimum Gasteiger partial charge on any atom is -0.297 e. The van der Waals surface area contributed by atoms with Crippen molar-refractivity contribution in [2.75, 3.05) is 18.8 Å². The molecular formula is C13H19ClN2S. The summed E-state index contributed by atoms with van der Waals surface area (Å²) in [5, 5.41) is 0.590. The third kappa shape index (κ3) is 4.16. The van der Waals surface area contributed by atoms with Crippen molar-refractivity contribution in [3.8, 4) is 0 Å². The van der Waals surface area contributed by atoms with Crippen LogP contribution in [0.5, 0.6) is 0 Å². The Morgan fingerprint density at radius 3 is 3.00 bits per heavy atom. The maximum atomic E-state index is 5.91. The molecule has 0 N–H and O–H groups in total. The number of rotatable bonds is 2. The van der Waals surface area contributed by atoms with Gasteiger partial charge in [0, 0.05) is 23.6 Å². The fourth-order valence-electron chi connectivity index (χ4n) is 1.99. The summed E-state index contributed by atoms with van der Waals surface area (Å²) in [5.74, 6) is 1.20. The van der Waals surface area contributed by atoms with Gasteiger partial charge < -0.3 is 0 Å². The Balaban J connectivity index is 1.95. The number of thioether (sulfide) groups is 1. The number of hydrogen-bond acceptors (Lipinski definition) is 3. The maximum absolute atomic E-state index is 5.91. The predicted octanol–water partition coefficient (Wildman–Crippen LogP) is 3.45. The molecule has 2 rings (SSSR count). The Labute approximate surface area is 113 Å². The largest absolute Gasteiger partial charge is 0.297 e. The van der Waals surface area contributed by atoms with Crippen LogP contribution < -0.4 is 0 Å². The molecule has 0 amide bonds. The normalized spacial score (nSPS) is 21.1. The average molecular weight is 271 g/mol. The van der Waals surface area contributed by atoms with Gasteiger partial charge in [-0.1, -0.05) is 31.5 Å². The second-order valence-corrected chi connectivity index (χ2v) is 7.28. The molecule has 2 nitrogen and oxygen atoms in total. The van der Waals surface area contributed by atoms with E-state index in [-0.39, 0.29) is 0 Å². The molecule has 4 heteroatoms. The molecule has 0 spiro atoms. The first kappa shape index (κ1) is 13.2. The van der Waals surface area contributed by atoms with Crippen LogP contribution in [0.2, 0.25) is 5.15 Å². The lowest BCUT2D eigenvalue weighted by atomic mass is 10.1. The Hall–Kier alpha value is -0.250. The summed E-state index contributed by atoms with van der Waals surface area (Å²) in [6.07, 6.45) is 1.23. The van der Waals surface area contributed by atoms with Crippen molar-refractivity contribution in [3.05, 3.63) is 29.0 Å². The molecule has 0 radical (unpaired) electrons. The summed E-state index contributed by atoms with van der Waals surface area (Å²) in [4.78, 5) is 6.82. The molecule has 1 aliphatic rings. The van der Waals surface area contributed by atoms with Crippen LogP contribution in [0, 0.1) is 0 Å². The molecule has 0 aromatic carbocycles. The van der Waals surface area contributed by atoms with E-state index in [0.29, 0.717) is 9.90 Å². The maximum Gasteiger partial charge on any atom is 0.129 e. The number of hydrogen-bond donors (Lipinski definition) is 0. The van der Waals surface area contributed by atoms with Crippen molar-refractivity contribution in [2.24, 2.45) is 0 Å². The van der Waals surface area contributed by atoms with Crippen LogP contribution in [0.25, 0.3) is 0 Å². The van der Waals surface area contributed by atoms with Gasteiger partial charge in [-0.15, -0.1) is 0 Å². The molecular weight excluding hydrogens is 252 g/mol. The SMILES string of the molecule is CC1(C)CCN(Cc2cccc(Cl)n2)CCS1. The lowest BCUT2D eigenvalue weighted by Crippen LogP contribution is -2.27. The topological polar surface area (TPSA) is 16.1 Å². The van der Waals surface area contributed by atoms with Gasteiger partial charge in [0.25, 0.3) is 0 Å². The molecule has 17 heavy (non-hydrogen) atoms. The van der Waals surface area contributed by atoms with E-state index >= 15 is 0 Å². The molecule has 2 heterocycles. The summed E-state index contributed by atoms with van der Waals surface area (Å²) in [5.41, 5.74) is 1.07. The first-order valence-electron chi connectivity index (χ1n) is 6.03. The van der Waals surface area contributed by atoms with Crippen LogP contribution in [-0.2, 0) is 6.54 Å². The van der Waals surface area contributed by atoms with E-state index in [4.69, 9.17) is 11.6 Å². The van der Waals surface area contributed by atoms with Crippen LogP contribution in [-0.4, -0.2) is 33.5 Å². The van der Waals surface area contributed by atoms with Crippen LogP contribution >= 0.6 is 23.4 Å². The van der Waals surface area contributed by atoms with E-state index in [1.54, 1.807) is 0 Å². The monoisotopic (exact) mass is 270 g/mol. The zero-order chi connectivity index (χ0) is 12.3. The number of pyridine rings is 1. The average Bonchev–Trinajstić information content (AvgIpc) is 2.41. The van der Waals surface area contributed by atoms with Gasteiger partial charge in [-0.2, -0.15) is 11.8 Å². The molecule has 1 saturated heterocycles. The van der Waals surface area contributed by atoms with Crippen LogP contribution in [0.3, 0.4) is 0 Å². The van der Waals surface area contributed by atoms with Gasteiger partial charge >= 0.3 is 0 Å². The van der Waals surface area contributed by atoms with Crippen LogP contribution in [0.4, 0.5) is 0 Å². The molecule has 1 aromatic heterocycles. The van der Waals surface area contributed by atoms with Gasteiger partial charge in [0.2, 0.25) is 0 Å². The number of aromatic nitrogens is 1. The van der Waals surface area contributed by atoms with Crippen molar-refractivity contribution in [1.29, 1.82) is 0 Å². The second kappa shape index (κ2) is 5.59. The first-order valence-corrected chi connectivity index (χ1v) is 7.39. The van der Waals surface area contributed by atoms with Gasteiger partial charge in [-0.25, -0.2) is 4.98 Å². The number of nitrogens with zero attached hydrogens (tertiary/aromatic N) is 2. The predicted molar refractivity (Wildman–Crippen MR) is 75.7 cm³/mol. The third-order valence-corrected chi connectivity index (χ3v) is 4.67. The van der Waals surface area contributed by atoms with Gasteiger partial charge in [0.05, 0.1) is 5.69 Å². The highest BCUT2D eigenvalue weighted by atomic mass is 35.5. The molecule has 94 valence electrons. The summed E-state index contributed by atoms with van der Waals surface area (Å²) in [7, 11) is 0. The quantitative estimate of drug-likeness (QED) is 0.766. The third-order valence-electron chi connectivity index (χ3n) is 3.09. The zero-order valence-corrected chi connectivity index (χ0v) is 12.0. The molecule has 0 unspecified atom stereocenters. The molecule has 0 atom stereocenters.